The molecule has 6 nitrogen and oxygen atoms in total. The Kier molecular flexibility index (Phi) is 4.53. The van der Waals surface area contributed by atoms with Crippen LogP contribution in [-0.4, -0.2) is 37.8 Å². The number of methoxy groups -OCH3 is 1. The number of piperazine rings is 1. The normalized spacial score (nSPS) is 17.3. The third-order valence-electron chi connectivity index (χ3n) is 4.73. The van der Waals surface area contributed by atoms with Crippen LogP contribution in [0, 0.1) is 5.82 Å². The van der Waals surface area contributed by atoms with Crippen LogP contribution in [0.15, 0.2) is 45.6 Å². The second-order valence-electron chi connectivity index (χ2n) is 6.65. The summed E-state index contributed by atoms with van der Waals surface area (Å²) in [6.07, 6.45) is 0. The van der Waals surface area contributed by atoms with Gasteiger partial charge in [0.15, 0.2) is 0 Å². The van der Waals surface area contributed by atoms with Crippen LogP contribution < -0.4 is 20.6 Å². The van der Waals surface area contributed by atoms with Crippen molar-refractivity contribution in [2.45, 2.75) is 13.0 Å². The molecule has 1 aliphatic heterocycles. The molecule has 1 fully saturated rings. The molecule has 140 valence electrons. The zero-order chi connectivity index (χ0) is 19.0. The minimum atomic E-state index is -0.562. The molecule has 1 aromatic carbocycles. The van der Waals surface area contributed by atoms with Gasteiger partial charge in [0.1, 0.15) is 11.4 Å². The number of aromatic nitrogens is 1. The van der Waals surface area contributed by atoms with E-state index in [1.807, 2.05) is 0 Å². The maximum absolute atomic E-state index is 14.8. The van der Waals surface area contributed by atoms with Crippen molar-refractivity contribution in [1.29, 1.82) is 0 Å². The molecule has 0 amide bonds. The number of nitrogens with one attached hydrogen (secondary N) is 1. The summed E-state index contributed by atoms with van der Waals surface area (Å²) in [6, 6.07) is 10.1. The number of ether oxygens (including phenoxy) is 1. The van der Waals surface area contributed by atoms with E-state index in [-0.39, 0.29) is 16.5 Å². The van der Waals surface area contributed by atoms with E-state index < -0.39 is 11.4 Å². The highest BCUT2D eigenvalue weighted by atomic mass is 19.1. The smallest absolute Gasteiger partial charge is 0.345 e. The second kappa shape index (κ2) is 7.00. The first kappa shape index (κ1) is 17.5. The molecule has 0 aliphatic carbocycles. The van der Waals surface area contributed by atoms with Gasteiger partial charge in [-0.1, -0.05) is 6.07 Å². The van der Waals surface area contributed by atoms with Crippen LogP contribution in [0.4, 0.5) is 10.1 Å². The fourth-order valence-corrected chi connectivity index (χ4v) is 3.37. The summed E-state index contributed by atoms with van der Waals surface area (Å²) in [5.41, 5.74) is 0.957. The number of fused-ring (bicyclic) bond motifs is 1. The standard InChI is InChI=1S/C20H20FN3O3/c1-12-11-24(7-6-22-12)13-8-16(21)14-10-15(20(25)27-18(14)9-13)17-4-3-5-19(23-17)26-2/h3-5,8-10,12,22H,6-7,11H2,1-2H3. The van der Waals surface area contributed by atoms with E-state index in [0.29, 0.717) is 23.3 Å². The summed E-state index contributed by atoms with van der Waals surface area (Å²) in [5.74, 6) is -0.0581. The van der Waals surface area contributed by atoms with E-state index in [9.17, 15) is 9.18 Å². The summed E-state index contributed by atoms with van der Waals surface area (Å²) in [7, 11) is 1.49. The van der Waals surface area contributed by atoms with Crippen molar-refractivity contribution >= 4 is 16.7 Å². The maximum atomic E-state index is 14.8. The lowest BCUT2D eigenvalue weighted by atomic mass is 10.1. The van der Waals surface area contributed by atoms with Gasteiger partial charge in [-0.2, -0.15) is 0 Å². The number of nitrogens with zero attached hydrogens (tertiary/aromatic N) is 2. The van der Waals surface area contributed by atoms with Gasteiger partial charge < -0.3 is 19.4 Å². The quantitative estimate of drug-likeness (QED) is 0.716. The van der Waals surface area contributed by atoms with E-state index in [2.05, 4.69) is 22.1 Å². The zero-order valence-electron chi connectivity index (χ0n) is 15.2. The Hall–Kier alpha value is -2.93. The summed E-state index contributed by atoms with van der Waals surface area (Å²) < 4.78 is 25.4. The van der Waals surface area contributed by atoms with Crippen LogP contribution in [0.2, 0.25) is 0 Å². The van der Waals surface area contributed by atoms with Gasteiger partial charge in [0.05, 0.1) is 23.8 Å². The van der Waals surface area contributed by atoms with Crippen molar-refractivity contribution in [3.05, 3.63) is 52.6 Å². The van der Waals surface area contributed by atoms with Gasteiger partial charge in [0.25, 0.3) is 0 Å². The number of pyridine rings is 1. The molecule has 27 heavy (non-hydrogen) atoms. The van der Waals surface area contributed by atoms with Crippen LogP contribution in [0.1, 0.15) is 6.92 Å². The van der Waals surface area contributed by atoms with Crippen molar-refractivity contribution in [2.75, 3.05) is 31.6 Å². The van der Waals surface area contributed by atoms with Gasteiger partial charge >= 0.3 is 5.63 Å². The Morgan fingerprint density at radius 1 is 1.33 bits per heavy atom. The minimum Gasteiger partial charge on any atom is -0.481 e. The highest BCUT2D eigenvalue weighted by molar-refractivity contribution is 5.84. The summed E-state index contributed by atoms with van der Waals surface area (Å²) >= 11 is 0. The van der Waals surface area contributed by atoms with E-state index in [1.54, 1.807) is 24.3 Å². The van der Waals surface area contributed by atoms with Crippen molar-refractivity contribution in [1.82, 2.24) is 10.3 Å². The van der Waals surface area contributed by atoms with E-state index >= 15 is 0 Å². The number of anilines is 1. The number of hydrogen-bond donors (Lipinski definition) is 1. The molecule has 1 atom stereocenters. The second-order valence-corrected chi connectivity index (χ2v) is 6.65. The Balaban J connectivity index is 1.80. The minimum absolute atomic E-state index is 0.198. The fourth-order valence-electron chi connectivity index (χ4n) is 3.37. The Labute approximate surface area is 155 Å². The molecule has 2 aromatic heterocycles. The summed E-state index contributed by atoms with van der Waals surface area (Å²) in [5, 5.41) is 3.60. The first-order valence-electron chi connectivity index (χ1n) is 8.82. The van der Waals surface area contributed by atoms with Crippen molar-refractivity contribution in [3.8, 4) is 17.1 Å². The van der Waals surface area contributed by atoms with Gasteiger partial charge in [-0.15, -0.1) is 0 Å². The molecular formula is C20H20FN3O3. The predicted octanol–water partition coefficient (Wildman–Crippen LogP) is 2.80. The maximum Gasteiger partial charge on any atom is 0.345 e. The highest BCUT2D eigenvalue weighted by Crippen LogP contribution is 2.28. The van der Waals surface area contributed by atoms with Gasteiger partial charge in [0.2, 0.25) is 5.88 Å². The first-order chi connectivity index (χ1) is 13.0. The highest BCUT2D eigenvalue weighted by Gasteiger charge is 2.19. The van der Waals surface area contributed by atoms with Gasteiger partial charge in [0, 0.05) is 43.5 Å². The lowest BCUT2D eigenvalue weighted by Crippen LogP contribution is -2.49. The van der Waals surface area contributed by atoms with Crippen molar-refractivity contribution in [3.63, 3.8) is 0 Å². The van der Waals surface area contributed by atoms with Crippen LogP contribution in [-0.2, 0) is 0 Å². The predicted molar refractivity (Wildman–Crippen MR) is 102 cm³/mol. The van der Waals surface area contributed by atoms with Crippen LogP contribution in [0.3, 0.4) is 0 Å². The van der Waals surface area contributed by atoms with Crippen LogP contribution >= 0.6 is 0 Å². The van der Waals surface area contributed by atoms with Crippen molar-refractivity contribution in [2.24, 2.45) is 0 Å². The topological polar surface area (TPSA) is 67.6 Å². The molecule has 0 spiro atoms. The van der Waals surface area contributed by atoms with Crippen molar-refractivity contribution < 1.29 is 13.5 Å². The van der Waals surface area contributed by atoms with Gasteiger partial charge in [-0.3, -0.25) is 0 Å². The molecule has 1 aliphatic rings. The molecule has 0 bridgehead atoms. The molecule has 1 N–H and O–H groups in total. The molecule has 7 heteroatoms. The molecule has 0 saturated carbocycles. The number of halogens is 1. The first-order valence-corrected chi connectivity index (χ1v) is 8.82. The monoisotopic (exact) mass is 369 g/mol. The largest absolute Gasteiger partial charge is 0.481 e. The fraction of sp³-hybridized carbons (Fsp3) is 0.300. The molecule has 3 heterocycles. The SMILES string of the molecule is COc1cccc(-c2cc3c(F)cc(N4CCNC(C)C4)cc3oc2=O)n1. The summed E-state index contributed by atoms with van der Waals surface area (Å²) in [4.78, 5) is 18.8. The zero-order valence-corrected chi connectivity index (χ0v) is 15.2. The van der Waals surface area contributed by atoms with E-state index in [0.717, 1.165) is 19.6 Å². The lowest BCUT2D eigenvalue weighted by molar-refractivity contribution is 0.398. The van der Waals surface area contributed by atoms with Gasteiger partial charge in [-0.05, 0) is 25.1 Å². The molecular weight excluding hydrogens is 349 g/mol. The molecule has 1 saturated heterocycles. The molecule has 4 rings (SSSR count). The number of benzene rings is 1. The number of rotatable bonds is 3. The molecule has 0 radical (unpaired) electrons. The third kappa shape index (κ3) is 3.38. The van der Waals surface area contributed by atoms with Crippen LogP contribution in [0.5, 0.6) is 5.88 Å². The summed E-state index contributed by atoms with van der Waals surface area (Å²) in [6.45, 7) is 4.44. The number of hydrogen-bond acceptors (Lipinski definition) is 6. The Bertz CT molecular complexity index is 1050. The third-order valence-corrected chi connectivity index (χ3v) is 4.73. The molecule has 3 aromatic rings. The van der Waals surface area contributed by atoms with Gasteiger partial charge in [-0.25, -0.2) is 14.2 Å². The van der Waals surface area contributed by atoms with Crippen LogP contribution in [0.25, 0.3) is 22.2 Å². The average Bonchev–Trinajstić information content (AvgIpc) is 2.67. The molecule has 1 unspecified atom stereocenters. The van der Waals surface area contributed by atoms with E-state index in [1.165, 1.54) is 19.2 Å². The average molecular weight is 369 g/mol. The Morgan fingerprint density at radius 2 is 2.19 bits per heavy atom. The lowest BCUT2D eigenvalue weighted by Gasteiger charge is -2.33. The van der Waals surface area contributed by atoms with E-state index in [4.69, 9.17) is 9.15 Å². The Morgan fingerprint density at radius 3 is 2.96 bits per heavy atom.